The van der Waals surface area contributed by atoms with Crippen LogP contribution in [0.3, 0.4) is 0 Å². The van der Waals surface area contributed by atoms with Gasteiger partial charge in [0.2, 0.25) is 0 Å². The third kappa shape index (κ3) is 2.45. The SMILES string of the molecule is C=COOC1CCCC[C@@]1(C)CO. The molecule has 0 radical (unpaired) electrons. The topological polar surface area (TPSA) is 38.7 Å². The van der Waals surface area contributed by atoms with E-state index in [2.05, 4.69) is 6.58 Å². The molecule has 0 aromatic heterocycles. The van der Waals surface area contributed by atoms with Crippen molar-refractivity contribution in [1.82, 2.24) is 0 Å². The molecule has 0 saturated heterocycles. The van der Waals surface area contributed by atoms with E-state index in [9.17, 15) is 5.11 Å². The molecule has 1 aliphatic carbocycles. The zero-order chi connectivity index (χ0) is 9.73. The summed E-state index contributed by atoms with van der Waals surface area (Å²) in [6, 6.07) is 0. The Morgan fingerprint density at radius 3 is 3.00 bits per heavy atom. The summed E-state index contributed by atoms with van der Waals surface area (Å²) in [5, 5.41) is 9.26. The summed E-state index contributed by atoms with van der Waals surface area (Å²) in [4.78, 5) is 9.88. The molecule has 2 atom stereocenters. The van der Waals surface area contributed by atoms with Crippen LogP contribution in [0.15, 0.2) is 12.8 Å². The maximum atomic E-state index is 9.26. The van der Waals surface area contributed by atoms with Crippen LogP contribution in [0.25, 0.3) is 0 Å². The highest BCUT2D eigenvalue weighted by atomic mass is 17.2. The summed E-state index contributed by atoms with van der Waals surface area (Å²) in [7, 11) is 0. The predicted octanol–water partition coefficient (Wildman–Crippen LogP) is 2.02. The smallest absolute Gasteiger partial charge is 0.122 e. The first-order valence-corrected chi connectivity index (χ1v) is 4.77. The molecule has 13 heavy (non-hydrogen) atoms. The van der Waals surface area contributed by atoms with Gasteiger partial charge in [-0.15, -0.1) is 0 Å². The number of aliphatic hydroxyl groups excluding tert-OH is 1. The van der Waals surface area contributed by atoms with Crippen molar-refractivity contribution in [3.05, 3.63) is 12.8 Å². The highest BCUT2D eigenvalue weighted by molar-refractivity contribution is 4.86. The fourth-order valence-electron chi connectivity index (χ4n) is 1.82. The first-order valence-electron chi connectivity index (χ1n) is 4.77. The summed E-state index contributed by atoms with van der Waals surface area (Å²) in [6.07, 6.45) is 5.50. The molecule has 0 amide bonds. The summed E-state index contributed by atoms with van der Waals surface area (Å²) < 4.78 is 0. The van der Waals surface area contributed by atoms with Gasteiger partial charge < -0.3 is 9.99 Å². The quantitative estimate of drug-likeness (QED) is 0.414. The minimum atomic E-state index is -0.152. The van der Waals surface area contributed by atoms with E-state index in [1.807, 2.05) is 6.92 Å². The van der Waals surface area contributed by atoms with Crippen LogP contribution in [0.4, 0.5) is 0 Å². The molecule has 76 valence electrons. The molecule has 0 aliphatic heterocycles. The molecule has 0 bridgehead atoms. The minimum Gasteiger partial charge on any atom is -0.396 e. The van der Waals surface area contributed by atoms with Crippen molar-refractivity contribution < 1.29 is 14.9 Å². The van der Waals surface area contributed by atoms with Gasteiger partial charge in [-0.25, -0.2) is 0 Å². The predicted molar refractivity (Wildman–Crippen MR) is 49.8 cm³/mol. The minimum absolute atomic E-state index is 0.00995. The molecular formula is C10H18O3. The van der Waals surface area contributed by atoms with Gasteiger partial charge in [0.15, 0.2) is 0 Å². The van der Waals surface area contributed by atoms with Crippen LogP contribution < -0.4 is 0 Å². The average Bonchev–Trinajstić information content (AvgIpc) is 2.17. The van der Waals surface area contributed by atoms with Crippen LogP contribution in [0.2, 0.25) is 0 Å². The van der Waals surface area contributed by atoms with Gasteiger partial charge >= 0.3 is 0 Å². The first kappa shape index (κ1) is 10.5. The Hall–Kier alpha value is -0.540. The van der Waals surface area contributed by atoms with Crippen LogP contribution in [0.1, 0.15) is 32.6 Å². The fraction of sp³-hybridized carbons (Fsp3) is 0.800. The summed E-state index contributed by atoms with van der Waals surface area (Å²) in [5.74, 6) is 0. The Labute approximate surface area is 79.3 Å². The van der Waals surface area contributed by atoms with Gasteiger partial charge in [-0.05, 0) is 12.8 Å². The van der Waals surface area contributed by atoms with E-state index < -0.39 is 0 Å². The second-order valence-electron chi connectivity index (χ2n) is 3.91. The lowest BCUT2D eigenvalue weighted by atomic mass is 9.74. The largest absolute Gasteiger partial charge is 0.396 e. The van der Waals surface area contributed by atoms with Gasteiger partial charge in [-0.1, -0.05) is 26.3 Å². The maximum Gasteiger partial charge on any atom is 0.122 e. The van der Waals surface area contributed by atoms with Crippen molar-refractivity contribution in [3.8, 4) is 0 Å². The molecule has 0 aromatic rings. The molecule has 0 heterocycles. The van der Waals surface area contributed by atoms with E-state index in [4.69, 9.17) is 9.78 Å². The molecule has 0 aromatic carbocycles. The molecular weight excluding hydrogens is 168 g/mol. The normalized spacial score (nSPS) is 34.2. The van der Waals surface area contributed by atoms with Crippen molar-refractivity contribution in [3.63, 3.8) is 0 Å². The van der Waals surface area contributed by atoms with Gasteiger partial charge in [-0.3, -0.25) is 0 Å². The van der Waals surface area contributed by atoms with E-state index in [0.29, 0.717) is 0 Å². The van der Waals surface area contributed by atoms with Crippen LogP contribution in [-0.2, 0) is 9.78 Å². The Bertz CT molecular complexity index is 170. The highest BCUT2D eigenvalue weighted by Crippen LogP contribution is 2.37. The third-order valence-electron chi connectivity index (χ3n) is 2.84. The summed E-state index contributed by atoms with van der Waals surface area (Å²) in [5.41, 5.74) is -0.152. The molecule has 1 saturated carbocycles. The summed E-state index contributed by atoms with van der Waals surface area (Å²) in [6.45, 7) is 5.59. The number of aliphatic hydroxyl groups is 1. The third-order valence-corrected chi connectivity index (χ3v) is 2.84. The first-order chi connectivity index (χ1) is 6.23. The van der Waals surface area contributed by atoms with Crippen LogP contribution in [0, 0.1) is 5.41 Å². The highest BCUT2D eigenvalue weighted by Gasteiger charge is 2.38. The van der Waals surface area contributed by atoms with Gasteiger partial charge in [0.05, 0.1) is 6.61 Å². The number of hydrogen-bond acceptors (Lipinski definition) is 3. The van der Waals surface area contributed by atoms with E-state index in [1.54, 1.807) is 0 Å². The van der Waals surface area contributed by atoms with Gasteiger partial charge in [0.1, 0.15) is 12.4 Å². The van der Waals surface area contributed by atoms with E-state index in [0.717, 1.165) is 25.7 Å². The Morgan fingerprint density at radius 2 is 2.38 bits per heavy atom. The van der Waals surface area contributed by atoms with Gasteiger partial charge in [0, 0.05) is 5.41 Å². The Balaban J connectivity index is 2.51. The molecule has 3 nitrogen and oxygen atoms in total. The van der Waals surface area contributed by atoms with Crippen LogP contribution in [0.5, 0.6) is 0 Å². The van der Waals surface area contributed by atoms with Crippen molar-refractivity contribution in [1.29, 1.82) is 0 Å². The standard InChI is InChI=1S/C10H18O3/c1-3-12-13-9-6-4-5-7-10(9,2)8-11/h3,9,11H,1,4-8H2,2H3/t9?,10-/m0/s1. The lowest BCUT2D eigenvalue weighted by Gasteiger charge is -2.38. The molecule has 1 aliphatic rings. The van der Waals surface area contributed by atoms with Crippen LogP contribution in [-0.4, -0.2) is 17.8 Å². The lowest BCUT2D eigenvalue weighted by Crippen LogP contribution is -2.40. The molecule has 1 rings (SSSR count). The van der Waals surface area contributed by atoms with Gasteiger partial charge in [-0.2, -0.15) is 4.89 Å². The Kier molecular flexibility index (Phi) is 3.75. The number of hydrogen-bond donors (Lipinski definition) is 1. The zero-order valence-electron chi connectivity index (χ0n) is 8.16. The molecule has 3 heteroatoms. The molecule has 0 spiro atoms. The lowest BCUT2D eigenvalue weighted by molar-refractivity contribution is -0.315. The average molecular weight is 186 g/mol. The van der Waals surface area contributed by atoms with E-state index in [-0.39, 0.29) is 18.1 Å². The van der Waals surface area contributed by atoms with Crippen LogP contribution >= 0.6 is 0 Å². The van der Waals surface area contributed by atoms with Gasteiger partial charge in [0.25, 0.3) is 0 Å². The Morgan fingerprint density at radius 1 is 1.62 bits per heavy atom. The summed E-state index contributed by atoms with van der Waals surface area (Å²) >= 11 is 0. The number of rotatable bonds is 4. The molecule has 1 unspecified atom stereocenters. The second-order valence-corrected chi connectivity index (χ2v) is 3.91. The molecule has 1 N–H and O–H groups in total. The van der Waals surface area contributed by atoms with Crippen molar-refractivity contribution in [2.45, 2.75) is 38.7 Å². The zero-order valence-corrected chi connectivity index (χ0v) is 8.16. The van der Waals surface area contributed by atoms with Crippen molar-refractivity contribution in [2.24, 2.45) is 5.41 Å². The molecule has 1 fully saturated rings. The second kappa shape index (κ2) is 4.63. The van der Waals surface area contributed by atoms with E-state index in [1.165, 1.54) is 6.26 Å². The van der Waals surface area contributed by atoms with Crippen molar-refractivity contribution in [2.75, 3.05) is 6.61 Å². The fourth-order valence-corrected chi connectivity index (χ4v) is 1.82. The van der Waals surface area contributed by atoms with Crippen molar-refractivity contribution >= 4 is 0 Å². The maximum absolute atomic E-state index is 9.26. The monoisotopic (exact) mass is 186 g/mol. The van der Waals surface area contributed by atoms with E-state index >= 15 is 0 Å².